The lowest BCUT2D eigenvalue weighted by molar-refractivity contribution is 0.364. The highest BCUT2D eigenvalue weighted by Gasteiger charge is 2.20. The van der Waals surface area contributed by atoms with Gasteiger partial charge in [0, 0.05) is 49.5 Å². The van der Waals surface area contributed by atoms with E-state index in [0.29, 0.717) is 23.3 Å². The zero-order chi connectivity index (χ0) is 20.8. The molecule has 3 heterocycles. The van der Waals surface area contributed by atoms with Crippen molar-refractivity contribution in [3.05, 3.63) is 59.6 Å². The van der Waals surface area contributed by atoms with E-state index in [1.54, 1.807) is 12.1 Å². The number of benzene rings is 1. The SMILES string of the molecule is CCNC(=NCc1nc(-c2ccc(Cl)cc2)no1)N1CCN(c2ccccn2)CC1.I. The predicted molar refractivity (Wildman–Crippen MR) is 133 cm³/mol. The zero-order valence-corrected chi connectivity index (χ0v) is 20.3. The fourth-order valence-electron chi connectivity index (χ4n) is 3.29. The third-order valence-electron chi connectivity index (χ3n) is 4.82. The van der Waals surface area contributed by atoms with Crippen LogP contribution in [0.3, 0.4) is 0 Å². The molecule has 0 radical (unpaired) electrons. The lowest BCUT2D eigenvalue weighted by Gasteiger charge is -2.37. The number of piperazine rings is 1. The Morgan fingerprint density at radius 2 is 1.90 bits per heavy atom. The van der Waals surface area contributed by atoms with Gasteiger partial charge in [-0.2, -0.15) is 4.98 Å². The Labute approximate surface area is 203 Å². The maximum Gasteiger partial charge on any atom is 0.248 e. The van der Waals surface area contributed by atoms with Crippen molar-refractivity contribution in [1.29, 1.82) is 0 Å². The molecule has 2 aromatic heterocycles. The van der Waals surface area contributed by atoms with Gasteiger partial charge >= 0.3 is 0 Å². The molecule has 8 nitrogen and oxygen atoms in total. The quantitative estimate of drug-likeness (QED) is 0.293. The lowest BCUT2D eigenvalue weighted by Crippen LogP contribution is -2.52. The summed E-state index contributed by atoms with van der Waals surface area (Å²) in [6.45, 7) is 6.68. The standard InChI is InChI=1S/C21H24ClN7O.HI/c1-2-23-21(29-13-11-28(12-14-29)18-5-3-4-10-24-18)25-15-19-26-20(27-30-19)16-6-8-17(22)9-7-16;/h3-10H,2,11-15H2,1H3,(H,23,25);1H. The van der Waals surface area contributed by atoms with Crippen molar-refractivity contribution in [2.45, 2.75) is 13.5 Å². The van der Waals surface area contributed by atoms with Crippen LogP contribution in [0.25, 0.3) is 11.4 Å². The molecule has 3 aromatic rings. The molecule has 0 spiro atoms. The smallest absolute Gasteiger partial charge is 0.248 e. The second-order valence-electron chi connectivity index (χ2n) is 6.85. The first-order valence-corrected chi connectivity index (χ1v) is 10.4. The van der Waals surface area contributed by atoms with Crippen molar-refractivity contribution < 1.29 is 4.52 Å². The number of nitrogens with zero attached hydrogens (tertiary/aromatic N) is 6. The minimum Gasteiger partial charge on any atom is -0.357 e. The minimum atomic E-state index is 0. The van der Waals surface area contributed by atoms with Crippen molar-refractivity contribution >= 4 is 47.4 Å². The number of aromatic nitrogens is 3. The summed E-state index contributed by atoms with van der Waals surface area (Å²) >= 11 is 5.94. The van der Waals surface area contributed by atoms with Crippen LogP contribution in [0.1, 0.15) is 12.8 Å². The fraction of sp³-hybridized carbons (Fsp3) is 0.333. The highest BCUT2D eigenvalue weighted by Crippen LogP contribution is 2.19. The summed E-state index contributed by atoms with van der Waals surface area (Å²) in [4.78, 5) is 18.1. The minimum absolute atomic E-state index is 0. The van der Waals surface area contributed by atoms with Gasteiger partial charge in [-0.25, -0.2) is 9.98 Å². The van der Waals surface area contributed by atoms with E-state index in [-0.39, 0.29) is 24.0 Å². The van der Waals surface area contributed by atoms with E-state index in [2.05, 4.69) is 37.2 Å². The third kappa shape index (κ3) is 6.07. The number of hydrogen-bond donors (Lipinski definition) is 1. The van der Waals surface area contributed by atoms with Crippen LogP contribution in [-0.2, 0) is 6.54 Å². The number of anilines is 1. The van der Waals surface area contributed by atoms with Gasteiger partial charge in [-0.15, -0.1) is 24.0 Å². The summed E-state index contributed by atoms with van der Waals surface area (Å²) in [6.07, 6.45) is 1.83. The molecule has 1 fully saturated rings. The van der Waals surface area contributed by atoms with Crippen molar-refractivity contribution in [2.75, 3.05) is 37.6 Å². The Morgan fingerprint density at radius 3 is 2.58 bits per heavy atom. The van der Waals surface area contributed by atoms with Crippen LogP contribution >= 0.6 is 35.6 Å². The highest BCUT2D eigenvalue weighted by atomic mass is 127. The monoisotopic (exact) mass is 553 g/mol. The van der Waals surface area contributed by atoms with Gasteiger partial charge in [0.1, 0.15) is 12.4 Å². The summed E-state index contributed by atoms with van der Waals surface area (Å²) in [5, 5.41) is 8.08. The van der Waals surface area contributed by atoms with E-state index >= 15 is 0 Å². The number of aliphatic imine (C=N–C) groups is 1. The molecule has 0 bridgehead atoms. The molecule has 1 N–H and O–H groups in total. The average molecular weight is 554 g/mol. The largest absolute Gasteiger partial charge is 0.357 e. The van der Waals surface area contributed by atoms with Gasteiger partial charge in [0.15, 0.2) is 5.96 Å². The first kappa shape index (κ1) is 23.3. The Hall–Kier alpha value is -2.40. The average Bonchev–Trinajstić information content (AvgIpc) is 3.27. The number of hydrogen-bond acceptors (Lipinski definition) is 6. The third-order valence-corrected chi connectivity index (χ3v) is 5.07. The molecule has 164 valence electrons. The summed E-state index contributed by atoms with van der Waals surface area (Å²) in [6, 6.07) is 13.3. The number of rotatable bonds is 5. The second kappa shape index (κ2) is 11.3. The number of nitrogens with one attached hydrogen (secondary N) is 1. The van der Waals surface area contributed by atoms with Crippen LogP contribution in [0.15, 0.2) is 58.2 Å². The van der Waals surface area contributed by atoms with Crippen LogP contribution in [0.5, 0.6) is 0 Å². The lowest BCUT2D eigenvalue weighted by atomic mass is 10.2. The molecule has 0 amide bonds. The van der Waals surface area contributed by atoms with Crippen LogP contribution in [-0.4, -0.2) is 58.7 Å². The van der Waals surface area contributed by atoms with E-state index in [4.69, 9.17) is 21.1 Å². The van der Waals surface area contributed by atoms with Gasteiger partial charge in [0.2, 0.25) is 11.7 Å². The maximum absolute atomic E-state index is 5.94. The van der Waals surface area contributed by atoms with Gasteiger partial charge < -0.3 is 19.6 Å². The Bertz CT molecular complexity index is 973. The topological polar surface area (TPSA) is 82.7 Å². The van der Waals surface area contributed by atoms with Crippen molar-refractivity contribution in [3.63, 3.8) is 0 Å². The molecule has 10 heteroatoms. The number of pyridine rings is 1. The normalized spacial score (nSPS) is 14.3. The van der Waals surface area contributed by atoms with E-state index in [9.17, 15) is 0 Å². The first-order chi connectivity index (χ1) is 14.7. The first-order valence-electron chi connectivity index (χ1n) is 10.0. The predicted octanol–water partition coefficient (Wildman–Crippen LogP) is 3.69. The molecular formula is C21H25ClIN7O. The Balaban J connectivity index is 0.00000272. The molecule has 1 saturated heterocycles. The van der Waals surface area contributed by atoms with Gasteiger partial charge in [0.25, 0.3) is 0 Å². The molecule has 0 unspecified atom stereocenters. The van der Waals surface area contributed by atoms with E-state index < -0.39 is 0 Å². The molecular weight excluding hydrogens is 529 g/mol. The van der Waals surface area contributed by atoms with E-state index in [1.807, 2.05) is 36.5 Å². The van der Waals surface area contributed by atoms with E-state index in [1.165, 1.54) is 0 Å². The second-order valence-corrected chi connectivity index (χ2v) is 7.29. The van der Waals surface area contributed by atoms with Crippen molar-refractivity contribution in [3.8, 4) is 11.4 Å². The molecule has 1 aromatic carbocycles. The summed E-state index contributed by atoms with van der Waals surface area (Å²) in [5.74, 6) is 2.87. The van der Waals surface area contributed by atoms with Crippen LogP contribution in [0.2, 0.25) is 5.02 Å². The molecule has 1 aliphatic heterocycles. The molecule has 0 saturated carbocycles. The summed E-state index contributed by atoms with van der Waals surface area (Å²) < 4.78 is 5.38. The van der Waals surface area contributed by atoms with Crippen molar-refractivity contribution in [2.24, 2.45) is 4.99 Å². The Kier molecular flexibility index (Phi) is 8.47. The Morgan fingerprint density at radius 1 is 1.13 bits per heavy atom. The van der Waals surface area contributed by atoms with Gasteiger partial charge in [-0.05, 0) is 43.3 Å². The highest BCUT2D eigenvalue weighted by molar-refractivity contribution is 14.0. The molecule has 0 aliphatic carbocycles. The van der Waals surface area contributed by atoms with Crippen LogP contribution in [0, 0.1) is 0 Å². The maximum atomic E-state index is 5.94. The molecule has 1 aliphatic rings. The summed E-state index contributed by atoms with van der Waals surface area (Å²) in [7, 11) is 0. The summed E-state index contributed by atoms with van der Waals surface area (Å²) in [5.41, 5.74) is 0.857. The van der Waals surface area contributed by atoms with Crippen LogP contribution in [0.4, 0.5) is 5.82 Å². The van der Waals surface area contributed by atoms with Gasteiger partial charge in [0.05, 0.1) is 0 Å². The molecule has 0 atom stereocenters. The molecule has 4 rings (SSSR count). The number of guanidine groups is 1. The zero-order valence-electron chi connectivity index (χ0n) is 17.2. The van der Waals surface area contributed by atoms with Gasteiger partial charge in [-0.3, -0.25) is 0 Å². The fourth-order valence-corrected chi connectivity index (χ4v) is 3.42. The van der Waals surface area contributed by atoms with Crippen molar-refractivity contribution in [1.82, 2.24) is 25.3 Å². The van der Waals surface area contributed by atoms with Crippen LogP contribution < -0.4 is 10.2 Å². The molecule has 31 heavy (non-hydrogen) atoms. The number of halogens is 2. The van der Waals surface area contributed by atoms with Gasteiger partial charge in [-0.1, -0.05) is 22.8 Å². The van der Waals surface area contributed by atoms with E-state index in [0.717, 1.165) is 50.1 Å².